The Hall–Kier alpha value is -3.47. The molecule has 11 heteroatoms. The second-order valence-electron chi connectivity index (χ2n) is 6.70. The molecule has 150 valence electrons. The van der Waals surface area contributed by atoms with Crippen LogP contribution >= 0.6 is 15.9 Å². The molecule has 1 fully saturated rings. The number of imide groups is 1. The molecule has 0 N–H and O–H groups in total. The van der Waals surface area contributed by atoms with E-state index in [0.717, 1.165) is 21.0 Å². The molecule has 0 aliphatic carbocycles. The fourth-order valence-electron chi connectivity index (χ4n) is 3.40. The Kier molecular flexibility index (Phi) is 4.39. The van der Waals surface area contributed by atoms with E-state index < -0.39 is 29.7 Å². The van der Waals surface area contributed by atoms with Crippen LogP contribution in [0.3, 0.4) is 0 Å². The number of halogens is 2. The van der Waals surface area contributed by atoms with Crippen molar-refractivity contribution in [2.45, 2.75) is 18.6 Å². The quantitative estimate of drug-likeness (QED) is 0.542. The highest BCUT2D eigenvalue weighted by molar-refractivity contribution is 9.10. The van der Waals surface area contributed by atoms with E-state index in [0.29, 0.717) is 5.82 Å². The van der Waals surface area contributed by atoms with E-state index in [4.69, 9.17) is 4.52 Å². The molecule has 0 radical (unpaired) electrons. The first-order valence-corrected chi connectivity index (χ1v) is 9.70. The van der Waals surface area contributed by atoms with E-state index in [1.165, 1.54) is 23.2 Å². The van der Waals surface area contributed by atoms with Crippen molar-refractivity contribution in [3.05, 3.63) is 64.7 Å². The van der Waals surface area contributed by atoms with Crippen molar-refractivity contribution in [1.29, 1.82) is 0 Å². The summed E-state index contributed by atoms with van der Waals surface area (Å²) in [7, 11) is 0. The zero-order valence-electron chi connectivity index (χ0n) is 15.1. The van der Waals surface area contributed by atoms with Gasteiger partial charge in [-0.15, -0.1) is 0 Å². The monoisotopic (exact) mass is 470 g/mol. The Morgan fingerprint density at radius 2 is 1.90 bits per heavy atom. The molecule has 2 aliphatic rings. The summed E-state index contributed by atoms with van der Waals surface area (Å²) in [6.07, 6.45) is 0. The van der Waals surface area contributed by atoms with Crippen molar-refractivity contribution in [3.63, 3.8) is 0 Å². The van der Waals surface area contributed by atoms with E-state index in [2.05, 4.69) is 36.4 Å². The number of fused-ring (bicyclic) bond motifs is 1. The topological polar surface area (TPSA) is 104 Å². The number of aromatic nitrogens is 2. The molecule has 0 unspecified atom stereocenters. The number of anilines is 1. The van der Waals surface area contributed by atoms with E-state index >= 15 is 0 Å². The number of carbonyl (C=O) groups is 2. The summed E-state index contributed by atoms with van der Waals surface area (Å²) in [5, 5.41) is 13.1. The Balaban J connectivity index is 1.36. The van der Waals surface area contributed by atoms with E-state index in [1.54, 1.807) is 0 Å². The molecule has 0 saturated carbocycles. The van der Waals surface area contributed by atoms with Crippen LogP contribution in [0.2, 0.25) is 0 Å². The van der Waals surface area contributed by atoms with Crippen LogP contribution in [0.5, 0.6) is 0 Å². The molecular weight excluding hydrogens is 459 g/mol. The van der Waals surface area contributed by atoms with Gasteiger partial charge in [0.15, 0.2) is 12.1 Å². The Morgan fingerprint density at radius 3 is 2.67 bits per heavy atom. The summed E-state index contributed by atoms with van der Waals surface area (Å²) >= 11 is 3.37. The normalized spacial score (nSPS) is 20.3. The number of hydrogen-bond donors (Lipinski definition) is 0. The molecule has 0 spiro atoms. The molecule has 2 aliphatic heterocycles. The number of benzene rings is 2. The van der Waals surface area contributed by atoms with Gasteiger partial charge in [-0.25, -0.2) is 9.29 Å². The van der Waals surface area contributed by atoms with Crippen LogP contribution in [-0.4, -0.2) is 39.0 Å². The molecule has 1 saturated heterocycles. The zero-order chi connectivity index (χ0) is 20.8. The predicted molar refractivity (Wildman–Crippen MR) is 104 cm³/mol. The smallest absolute Gasteiger partial charge is 0.263 e. The molecule has 2 amide bonds. The van der Waals surface area contributed by atoms with Crippen molar-refractivity contribution >= 4 is 33.4 Å². The molecule has 5 rings (SSSR count). The van der Waals surface area contributed by atoms with Gasteiger partial charge in [-0.3, -0.25) is 14.6 Å². The summed E-state index contributed by atoms with van der Waals surface area (Å²) in [6, 6.07) is 10.7. The fourth-order valence-corrected chi connectivity index (χ4v) is 3.66. The van der Waals surface area contributed by atoms with Crippen molar-refractivity contribution < 1.29 is 18.5 Å². The summed E-state index contributed by atoms with van der Waals surface area (Å²) in [5.41, 5.74) is 0.920. The largest absolute Gasteiger partial charge is 0.337 e. The van der Waals surface area contributed by atoms with E-state index in [-0.39, 0.29) is 18.1 Å². The van der Waals surface area contributed by atoms with Gasteiger partial charge in [-0.2, -0.15) is 10.1 Å². The molecule has 2 aromatic carbocycles. The standard InChI is InChI=1S/C19H12BrFN6O3/c20-11-6-4-10(5-7-11)17-22-14(30-24-17)9-26-16-15(23-25-26)18(28)27(19(16)29)13-3-1-2-12(21)8-13/h1-8,15-16H,9H2/t15-,16-/m1/s1. The maximum atomic E-state index is 13.6. The number of nitrogens with zero attached hydrogens (tertiary/aromatic N) is 6. The highest BCUT2D eigenvalue weighted by Crippen LogP contribution is 2.33. The van der Waals surface area contributed by atoms with Gasteiger partial charge in [-0.1, -0.05) is 32.4 Å². The number of amides is 2. The third-order valence-electron chi connectivity index (χ3n) is 4.79. The first kappa shape index (κ1) is 18.6. The third-order valence-corrected chi connectivity index (χ3v) is 5.32. The van der Waals surface area contributed by atoms with Crippen LogP contribution in [0, 0.1) is 5.82 Å². The highest BCUT2D eigenvalue weighted by atomic mass is 79.9. The predicted octanol–water partition coefficient (Wildman–Crippen LogP) is 3.13. The molecule has 9 nitrogen and oxygen atoms in total. The first-order valence-electron chi connectivity index (χ1n) is 8.90. The summed E-state index contributed by atoms with van der Waals surface area (Å²) < 4.78 is 19.8. The van der Waals surface area contributed by atoms with Gasteiger partial charge in [0.05, 0.1) is 5.69 Å². The van der Waals surface area contributed by atoms with Gasteiger partial charge in [0, 0.05) is 10.0 Å². The van der Waals surface area contributed by atoms with Crippen molar-refractivity contribution in [2.75, 3.05) is 4.90 Å². The molecule has 30 heavy (non-hydrogen) atoms. The third kappa shape index (κ3) is 3.07. The molecule has 3 aromatic rings. The first-order chi connectivity index (χ1) is 14.5. The van der Waals surface area contributed by atoms with E-state index in [1.807, 2.05) is 24.3 Å². The lowest BCUT2D eigenvalue weighted by molar-refractivity contribution is -0.123. The number of rotatable bonds is 4. The molecule has 2 atom stereocenters. The van der Waals surface area contributed by atoms with Crippen LogP contribution in [0.4, 0.5) is 10.1 Å². The SMILES string of the molecule is O=C1[C@@H]2N=NN(Cc3nc(-c4ccc(Br)cc4)no3)[C@H]2C(=O)N1c1cccc(F)c1. The van der Waals surface area contributed by atoms with Crippen LogP contribution < -0.4 is 4.90 Å². The summed E-state index contributed by atoms with van der Waals surface area (Å²) in [6.45, 7) is 0.00417. The minimum absolute atomic E-state index is 0.00417. The molecule has 0 bridgehead atoms. The highest BCUT2D eigenvalue weighted by Gasteiger charge is 2.55. The van der Waals surface area contributed by atoms with Crippen molar-refractivity contribution in [1.82, 2.24) is 15.1 Å². The molecular formula is C19H12BrFN6O3. The maximum Gasteiger partial charge on any atom is 0.263 e. The fraction of sp³-hybridized carbons (Fsp3) is 0.158. The maximum absolute atomic E-state index is 13.6. The minimum Gasteiger partial charge on any atom is -0.337 e. The van der Waals surface area contributed by atoms with Crippen LogP contribution in [0.1, 0.15) is 5.89 Å². The molecule has 1 aromatic heterocycles. The summed E-state index contributed by atoms with van der Waals surface area (Å²) in [5.74, 6) is -1.02. The van der Waals surface area contributed by atoms with Gasteiger partial charge in [0.1, 0.15) is 12.4 Å². The van der Waals surface area contributed by atoms with Crippen LogP contribution in [0.15, 0.2) is 67.9 Å². The zero-order valence-corrected chi connectivity index (χ0v) is 16.7. The lowest BCUT2D eigenvalue weighted by Gasteiger charge is -2.19. The average molecular weight is 471 g/mol. The van der Waals surface area contributed by atoms with Gasteiger partial charge in [0.25, 0.3) is 11.8 Å². The second kappa shape index (κ2) is 7.10. The van der Waals surface area contributed by atoms with Crippen molar-refractivity contribution in [3.8, 4) is 11.4 Å². The Bertz CT molecular complexity index is 1180. The number of carbonyl (C=O) groups excluding carboxylic acids is 2. The van der Waals surface area contributed by atoms with Gasteiger partial charge in [0.2, 0.25) is 11.7 Å². The van der Waals surface area contributed by atoms with Gasteiger partial charge >= 0.3 is 0 Å². The van der Waals surface area contributed by atoms with Gasteiger partial charge in [-0.05, 0) is 42.5 Å². The van der Waals surface area contributed by atoms with E-state index in [9.17, 15) is 14.0 Å². The lowest BCUT2D eigenvalue weighted by atomic mass is 10.1. The summed E-state index contributed by atoms with van der Waals surface area (Å²) in [4.78, 5) is 30.8. The Morgan fingerprint density at radius 1 is 1.10 bits per heavy atom. The number of hydrogen-bond acceptors (Lipinski definition) is 8. The molecule has 3 heterocycles. The van der Waals surface area contributed by atoms with Crippen LogP contribution in [0.25, 0.3) is 11.4 Å². The second-order valence-corrected chi connectivity index (χ2v) is 7.62. The Labute approximate surface area is 177 Å². The van der Waals surface area contributed by atoms with Gasteiger partial charge < -0.3 is 4.52 Å². The van der Waals surface area contributed by atoms with Crippen LogP contribution in [-0.2, 0) is 16.1 Å². The van der Waals surface area contributed by atoms with Crippen molar-refractivity contribution in [2.24, 2.45) is 10.3 Å². The minimum atomic E-state index is -0.991. The average Bonchev–Trinajstić information content (AvgIpc) is 3.41. The lowest BCUT2D eigenvalue weighted by Crippen LogP contribution is -2.39.